The van der Waals surface area contributed by atoms with Gasteiger partial charge in [-0.1, -0.05) is 0 Å². The molecule has 0 aliphatic heterocycles. The summed E-state index contributed by atoms with van der Waals surface area (Å²) in [5.74, 6) is -0.294. The van der Waals surface area contributed by atoms with Gasteiger partial charge in [-0.3, -0.25) is 0 Å². The van der Waals surface area contributed by atoms with E-state index in [0.29, 0.717) is 12.2 Å². The fourth-order valence-electron chi connectivity index (χ4n) is 2.16. The minimum atomic E-state index is -0.995. The van der Waals surface area contributed by atoms with Gasteiger partial charge in [0, 0.05) is 13.2 Å². The van der Waals surface area contributed by atoms with Crippen molar-refractivity contribution in [2.24, 2.45) is 0 Å². The van der Waals surface area contributed by atoms with Crippen molar-refractivity contribution in [3.63, 3.8) is 0 Å². The van der Waals surface area contributed by atoms with E-state index in [1.165, 1.54) is 0 Å². The van der Waals surface area contributed by atoms with Crippen LogP contribution in [-0.4, -0.2) is 54.4 Å². The van der Waals surface area contributed by atoms with E-state index >= 15 is 0 Å². The quantitative estimate of drug-likeness (QED) is 0.652. The number of hydrogen-bond acceptors (Lipinski definition) is 4. The summed E-state index contributed by atoms with van der Waals surface area (Å²) in [6.07, 6.45) is 5.10. The number of rotatable bonds is 7. The first-order chi connectivity index (χ1) is 9.06. The normalized spacial score (nSPS) is 23.9. The molecule has 110 valence electrons. The third kappa shape index (κ3) is 5.69. The third-order valence-electron chi connectivity index (χ3n) is 3.27. The van der Waals surface area contributed by atoms with Gasteiger partial charge >= 0.3 is 12.0 Å². The second kappa shape index (κ2) is 8.27. The monoisotopic (exact) mass is 290 g/mol. The number of nitrogens with one attached hydrogen (secondary N) is 2. The molecule has 3 atom stereocenters. The van der Waals surface area contributed by atoms with Crippen LogP contribution >= 0.6 is 11.8 Å². The highest BCUT2D eigenvalue weighted by atomic mass is 32.2. The van der Waals surface area contributed by atoms with E-state index in [1.54, 1.807) is 18.9 Å². The molecule has 1 fully saturated rings. The van der Waals surface area contributed by atoms with E-state index in [-0.39, 0.29) is 12.1 Å². The Morgan fingerprint density at radius 3 is 2.74 bits per heavy atom. The summed E-state index contributed by atoms with van der Waals surface area (Å²) >= 11 is 1.56. The van der Waals surface area contributed by atoms with Crippen molar-refractivity contribution in [2.45, 2.75) is 43.9 Å². The lowest BCUT2D eigenvalue weighted by atomic mass is 10.2. The number of amides is 2. The van der Waals surface area contributed by atoms with Gasteiger partial charge in [0.1, 0.15) is 6.04 Å². The lowest BCUT2D eigenvalue weighted by molar-refractivity contribution is -0.139. The molecular weight excluding hydrogens is 268 g/mol. The Labute approximate surface area is 117 Å². The van der Waals surface area contributed by atoms with Gasteiger partial charge in [-0.2, -0.15) is 11.8 Å². The molecule has 0 spiro atoms. The molecule has 0 saturated heterocycles. The van der Waals surface area contributed by atoms with E-state index in [1.807, 2.05) is 6.26 Å². The molecule has 1 aliphatic rings. The number of thioether (sulfide) groups is 1. The standard InChI is InChI=1S/C12H22N2O4S/c1-18-9-4-3-8(7-9)13-12(17)14-10(11(15)16)5-6-19-2/h8-10H,3-7H2,1-2H3,(H,15,16)(H2,13,14,17)/t8?,9?,10-/m1/s1. The fraction of sp³-hybridized carbons (Fsp3) is 0.833. The number of ether oxygens (including phenoxy) is 1. The molecule has 0 aromatic rings. The Balaban J connectivity index is 2.34. The summed E-state index contributed by atoms with van der Waals surface area (Å²) in [6, 6.07) is -1.16. The molecule has 3 N–H and O–H groups in total. The van der Waals surface area contributed by atoms with Gasteiger partial charge in [0.2, 0.25) is 0 Å². The predicted octanol–water partition coefficient (Wildman–Crippen LogP) is 1.06. The molecule has 19 heavy (non-hydrogen) atoms. The van der Waals surface area contributed by atoms with E-state index in [0.717, 1.165) is 19.3 Å². The number of carbonyl (C=O) groups excluding carboxylic acids is 1. The highest BCUT2D eigenvalue weighted by Gasteiger charge is 2.27. The van der Waals surface area contributed by atoms with Crippen LogP contribution in [-0.2, 0) is 9.53 Å². The molecule has 2 amide bonds. The van der Waals surface area contributed by atoms with Gasteiger partial charge in [0.05, 0.1) is 6.10 Å². The van der Waals surface area contributed by atoms with Crippen LogP contribution in [0.2, 0.25) is 0 Å². The molecule has 0 heterocycles. The molecule has 1 saturated carbocycles. The van der Waals surface area contributed by atoms with Gasteiger partial charge in [0.25, 0.3) is 0 Å². The number of hydrogen-bond donors (Lipinski definition) is 3. The fourth-order valence-corrected chi connectivity index (χ4v) is 2.64. The minimum Gasteiger partial charge on any atom is -0.480 e. The van der Waals surface area contributed by atoms with Crippen LogP contribution in [0, 0.1) is 0 Å². The van der Waals surface area contributed by atoms with E-state index in [2.05, 4.69) is 10.6 Å². The summed E-state index contributed by atoms with van der Waals surface area (Å²) in [6.45, 7) is 0. The lowest BCUT2D eigenvalue weighted by Gasteiger charge is -2.17. The lowest BCUT2D eigenvalue weighted by Crippen LogP contribution is -2.48. The highest BCUT2D eigenvalue weighted by molar-refractivity contribution is 7.98. The van der Waals surface area contributed by atoms with Crippen LogP contribution in [0.15, 0.2) is 0 Å². The zero-order valence-corrected chi connectivity index (χ0v) is 12.2. The van der Waals surface area contributed by atoms with Crippen molar-refractivity contribution in [2.75, 3.05) is 19.1 Å². The molecule has 6 nitrogen and oxygen atoms in total. The van der Waals surface area contributed by atoms with Gasteiger partial charge in [-0.25, -0.2) is 9.59 Å². The number of aliphatic carboxylic acids is 1. The van der Waals surface area contributed by atoms with Crippen LogP contribution in [0.3, 0.4) is 0 Å². The summed E-state index contributed by atoms with van der Waals surface area (Å²) in [4.78, 5) is 22.7. The minimum absolute atomic E-state index is 0.0694. The van der Waals surface area contributed by atoms with Crippen LogP contribution in [0.25, 0.3) is 0 Å². The molecule has 0 radical (unpaired) electrons. The first-order valence-electron chi connectivity index (χ1n) is 6.38. The Hall–Kier alpha value is -0.950. The van der Waals surface area contributed by atoms with Gasteiger partial charge in [-0.15, -0.1) is 0 Å². The first-order valence-corrected chi connectivity index (χ1v) is 7.77. The summed E-state index contributed by atoms with van der Waals surface area (Å²) < 4.78 is 5.23. The van der Waals surface area contributed by atoms with Crippen molar-refractivity contribution in [1.82, 2.24) is 10.6 Å². The molecule has 0 bridgehead atoms. The number of methoxy groups -OCH3 is 1. The van der Waals surface area contributed by atoms with Crippen LogP contribution in [0.5, 0.6) is 0 Å². The predicted molar refractivity (Wildman–Crippen MR) is 74.5 cm³/mol. The number of carboxylic acids is 1. The van der Waals surface area contributed by atoms with Crippen molar-refractivity contribution in [1.29, 1.82) is 0 Å². The van der Waals surface area contributed by atoms with Gasteiger partial charge in [-0.05, 0) is 37.7 Å². The largest absolute Gasteiger partial charge is 0.480 e. The van der Waals surface area contributed by atoms with E-state index in [9.17, 15) is 9.59 Å². The maximum absolute atomic E-state index is 11.7. The zero-order valence-electron chi connectivity index (χ0n) is 11.3. The van der Waals surface area contributed by atoms with Crippen molar-refractivity contribution >= 4 is 23.8 Å². The molecule has 2 unspecified atom stereocenters. The molecular formula is C12H22N2O4S. The van der Waals surface area contributed by atoms with Crippen LogP contribution in [0.4, 0.5) is 4.79 Å². The Bertz CT molecular complexity index is 314. The van der Waals surface area contributed by atoms with Gasteiger partial charge < -0.3 is 20.5 Å². The number of carboxylic acid groups (broad SMARTS) is 1. The topological polar surface area (TPSA) is 87.7 Å². The summed E-state index contributed by atoms with van der Waals surface area (Å²) in [5, 5.41) is 14.3. The molecule has 7 heteroatoms. The molecule has 0 aromatic carbocycles. The highest BCUT2D eigenvalue weighted by Crippen LogP contribution is 2.21. The number of carbonyl (C=O) groups is 2. The number of urea groups is 1. The SMILES string of the molecule is COC1CCC(NC(=O)N[C@H](CCSC)C(=O)O)C1. The second-order valence-corrected chi connectivity index (χ2v) is 5.64. The Morgan fingerprint density at radius 2 is 2.21 bits per heavy atom. The van der Waals surface area contributed by atoms with Crippen molar-refractivity contribution in [3.8, 4) is 0 Å². The maximum Gasteiger partial charge on any atom is 0.326 e. The Kier molecular flexibility index (Phi) is 7.01. The molecule has 1 rings (SSSR count). The van der Waals surface area contributed by atoms with Crippen molar-refractivity contribution in [3.05, 3.63) is 0 Å². The third-order valence-corrected chi connectivity index (χ3v) is 3.91. The summed E-state index contributed by atoms with van der Waals surface area (Å²) in [7, 11) is 1.66. The van der Waals surface area contributed by atoms with Crippen LogP contribution < -0.4 is 10.6 Å². The second-order valence-electron chi connectivity index (χ2n) is 4.66. The summed E-state index contributed by atoms with van der Waals surface area (Å²) in [5.41, 5.74) is 0. The zero-order chi connectivity index (χ0) is 14.3. The van der Waals surface area contributed by atoms with Crippen LogP contribution in [0.1, 0.15) is 25.7 Å². The average molecular weight is 290 g/mol. The van der Waals surface area contributed by atoms with Gasteiger partial charge in [0.15, 0.2) is 0 Å². The first kappa shape index (κ1) is 16.1. The average Bonchev–Trinajstić information content (AvgIpc) is 2.81. The Morgan fingerprint density at radius 1 is 1.47 bits per heavy atom. The molecule has 0 aromatic heterocycles. The molecule has 1 aliphatic carbocycles. The van der Waals surface area contributed by atoms with Crippen molar-refractivity contribution < 1.29 is 19.4 Å². The smallest absolute Gasteiger partial charge is 0.326 e. The van der Waals surface area contributed by atoms with E-state index < -0.39 is 18.0 Å². The maximum atomic E-state index is 11.7. The van der Waals surface area contributed by atoms with E-state index in [4.69, 9.17) is 9.84 Å².